The van der Waals surface area contributed by atoms with E-state index in [1.54, 1.807) is 0 Å². The first kappa shape index (κ1) is 29.0. The van der Waals surface area contributed by atoms with Crippen molar-refractivity contribution in [2.45, 2.75) is 0 Å². The maximum Gasteiger partial charge on any atom is 0.238 e. The summed E-state index contributed by atoms with van der Waals surface area (Å²) in [4.78, 5) is 15.8. The Morgan fingerprint density at radius 1 is 0.314 bits per heavy atom. The van der Waals surface area contributed by atoms with Crippen molar-refractivity contribution in [2.24, 2.45) is 0 Å². The highest BCUT2D eigenvalue weighted by Gasteiger charge is 2.20. The Balaban J connectivity index is 1.25. The normalized spacial score (nSPS) is 11.5. The topological polar surface area (TPSA) is 43.6 Å². The highest BCUT2D eigenvalue weighted by Crippen LogP contribution is 2.39. The number of para-hydroxylation sites is 2. The summed E-state index contributed by atoms with van der Waals surface area (Å²) in [6, 6.07) is 63.9. The van der Waals surface area contributed by atoms with Crippen LogP contribution in [0, 0.1) is 0 Å². The summed E-state index contributed by atoms with van der Waals surface area (Å²) >= 11 is 0. The van der Waals surface area contributed by atoms with Gasteiger partial charge in [-0.2, -0.15) is 9.97 Å². The van der Waals surface area contributed by atoms with Gasteiger partial charge in [-0.3, -0.25) is 4.57 Å². The lowest BCUT2D eigenvalue weighted by Gasteiger charge is -2.15. The number of aromatic nitrogens is 4. The van der Waals surface area contributed by atoms with Crippen molar-refractivity contribution < 1.29 is 0 Å². The van der Waals surface area contributed by atoms with Gasteiger partial charge in [0.1, 0.15) is 0 Å². The van der Waals surface area contributed by atoms with Gasteiger partial charge in [0.2, 0.25) is 5.95 Å². The molecule has 10 aromatic rings. The molecule has 4 nitrogen and oxygen atoms in total. The van der Waals surface area contributed by atoms with Gasteiger partial charge in [-0.25, -0.2) is 4.98 Å². The smallest absolute Gasteiger partial charge is 0.238 e. The molecule has 238 valence electrons. The number of fused-ring (bicyclic) bond motifs is 5. The van der Waals surface area contributed by atoms with E-state index in [1.165, 1.54) is 21.9 Å². The minimum absolute atomic E-state index is 0.583. The van der Waals surface area contributed by atoms with Crippen molar-refractivity contribution >= 4 is 43.4 Å². The Morgan fingerprint density at radius 3 is 1.55 bits per heavy atom. The first-order valence-corrected chi connectivity index (χ1v) is 17.2. The second kappa shape index (κ2) is 11.9. The number of hydrogen-bond acceptors (Lipinski definition) is 3. The number of nitrogens with zero attached hydrogens (tertiary/aromatic N) is 4. The molecule has 51 heavy (non-hydrogen) atoms. The fraction of sp³-hybridized carbons (Fsp3) is 0. The van der Waals surface area contributed by atoms with Crippen molar-refractivity contribution in [3.8, 4) is 51.0 Å². The van der Waals surface area contributed by atoms with Crippen LogP contribution in [0.1, 0.15) is 0 Å². The van der Waals surface area contributed by atoms with Crippen molar-refractivity contribution in [3.05, 3.63) is 182 Å². The van der Waals surface area contributed by atoms with Crippen LogP contribution in [0.15, 0.2) is 182 Å². The standard InChI is InChI=1S/C47H30N4/c1-2-13-31(14-3-1)32-27-29-35(30-28-32)45-48-46(50-47(49-45)51-42-25-8-6-20-38(42)39-21-7-9-26-43(39)51)41-24-12-18-34-17-11-23-40(44(34)41)37-22-10-16-33-15-4-5-19-36(33)37/h1-30H. The van der Waals surface area contributed by atoms with Crippen molar-refractivity contribution in [1.82, 2.24) is 19.5 Å². The first-order valence-electron chi connectivity index (χ1n) is 17.2. The third kappa shape index (κ3) is 4.88. The fourth-order valence-corrected chi connectivity index (χ4v) is 7.51. The Morgan fingerprint density at radius 2 is 0.824 bits per heavy atom. The summed E-state index contributed by atoms with van der Waals surface area (Å²) in [6.45, 7) is 0. The molecule has 0 spiro atoms. The molecule has 2 aromatic heterocycles. The van der Waals surface area contributed by atoms with Crippen LogP contribution in [-0.4, -0.2) is 19.5 Å². The van der Waals surface area contributed by atoms with E-state index in [2.05, 4.69) is 180 Å². The van der Waals surface area contributed by atoms with E-state index in [-0.39, 0.29) is 0 Å². The van der Waals surface area contributed by atoms with Crippen molar-refractivity contribution in [2.75, 3.05) is 0 Å². The molecular weight excluding hydrogens is 621 g/mol. The quantitative estimate of drug-likeness (QED) is 0.186. The number of hydrogen-bond donors (Lipinski definition) is 0. The minimum atomic E-state index is 0.583. The number of benzene rings is 8. The third-order valence-electron chi connectivity index (χ3n) is 9.88. The van der Waals surface area contributed by atoms with Gasteiger partial charge in [0.15, 0.2) is 11.6 Å². The van der Waals surface area contributed by atoms with Gasteiger partial charge in [0, 0.05) is 27.3 Å². The first-order chi connectivity index (χ1) is 25.3. The zero-order chi connectivity index (χ0) is 33.7. The molecule has 0 radical (unpaired) electrons. The lowest BCUT2D eigenvalue weighted by atomic mass is 9.91. The van der Waals surface area contributed by atoms with Crippen LogP contribution in [0.3, 0.4) is 0 Å². The molecule has 0 fully saturated rings. The SMILES string of the molecule is c1ccc(-c2ccc(-c3nc(-c4cccc5cccc(-c6cccc7ccccc67)c45)nc(-n4c5ccccc5c5ccccc54)n3)cc2)cc1. The zero-order valence-electron chi connectivity index (χ0n) is 27.6. The van der Waals surface area contributed by atoms with Crippen LogP contribution < -0.4 is 0 Å². The average molecular weight is 651 g/mol. The molecule has 2 heterocycles. The molecule has 0 aliphatic rings. The van der Waals surface area contributed by atoms with Gasteiger partial charge in [-0.05, 0) is 50.5 Å². The predicted molar refractivity (Wildman–Crippen MR) is 211 cm³/mol. The van der Waals surface area contributed by atoms with E-state index >= 15 is 0 Å². The molecule has 0 aliphatic carbocycles. The van der Waals surface area contributed by atoms with Gasteiger partial charge in [-0.1, -0.05) is 170 Å². The second-order valence-electron chi connectivity index (χ2n) is 12.8. The summed E-state index contributed by atoms with van der Waals surface area (Å²) in [6.07, 6.45) is 0. The maximum absolute atomic E-state index is 5.33. The molecule has 0 atom stereocenters. The third-order valence-corrected chi connectivity index (χ3v) is 9.88. The summed E-state index contributed by atoms with van der Waals surface area (Å²) in [5.41, 5.74) is 8.63. The molecule has 0 N–H and O–H groups in total. The van der Waals surface area contributed by atoms with Crippen LogP contribution in [0.4, 0.5) is 0 Å². The maximum atomic E-state index is 5.33. The molecule has 0 bridgehead atoms. The van der Waals surface area contributed by atoms with Gasteiger partial charge in [0.25, 0.3) is 0 Å². The van der Waals surface area contributed by atoms with Gasteiger partial charge >= 0.3 is 0 Å². The average Bonchev–Trinajstić information content (AvgIpc) is 3.55. The van der Waals surface area contributed by atoms with E-state index in [0.717, 1.165) is 54.8 Å². The van der Waals surface area contributed by atoms with E-state index in [0.29, 0.717) is 17.6 Å². The molecule has 0 aliphatic heterocycles. The van der Waals surface area contributed by atoms with Crippen LogP contribution in [0.2, 0.25) is 0 Å². The van der Waals surface area contributed by atoms with Crippen LogP contribution in [0.5, 0.6) is 0 Å². The van der Waals surface area contributed by atoms with E-state index in [9.17, 15) is 0 Å². The van der Waals surface area contributed by atoms with E-state index in [4.69, 9.17) is 15.0 Å². The van der Waals surface area contributed by atoms with E-state index in [1.807, 2.05) is 6.07 Å². The van der Waals surface area contributed by atoms with Gasteiger partial charge in [0.05, 0.1) is 11.0 Å². The summed E-state index contributed by atoms with van der Waals surface area (Å²) in [7, 11) is 0. The minimum Gasteiger partial charge on any atom is -0.278 e. The molecular formula is C47H30N4. The van der Waals surface area contributed by atoms with Gasteiger partial charge < -0.3 is 0 Å². The second-order valence-corrected chi connectivity index (χ2v) is 12.8. The van der Waals surface area contributed by atoms with E-state index < -0.39 is 0 Å². The summed E-state index contributed by atoms with van der Waals surface area (Å²) in [5, 5.41) is 6.98. The Hall–Kier alpha value is -6.91. The highest BCUT2D eigenvalue weighted by atomic mass is 15.2. The van der Waals surface area contributed by atoms with Crippen LogP contribution >= 0.6 is 0 Å². The zero-order valence-corrected chi connectivity index (χ0v) is 27.6. The van der Waals surface area contributed by atoms with Crippen molar-refractivity contribution in [1.29, 1.82) is 0 Å². The van der Waals surface area contributed by atoms with Gasteiger partial charge in [-0.15, -0.1) is 0 Å². The highest BCUT2D eigenvalue weighted by molar-refractivity contribution is 6.11. The Labute approximate surface area is 295 Å². The molecule has 0 amide bonds. The lowest BCUT2D eigenvalue weighted by Crippen LogP contribution is -2.06. The summed E-state index contributed by atoms with van der Waals surface area (Å²) in [5.74, 6) is 1.83. The molecule has 4 heteroatoms. The largest absolute Gasteiger partial charge is 0.278 e. The molecule has 0 saturated heterocycles. The van der Waals surface area contributed by atoms with Crippen LogP contribution in [0.25, 0.3) is 94.3 Å². The fourth-order valence-electron chi connectivity index (χ4n) is 7.51. The molecule has 10 rings (SSSR count). The van der Waals surface area contributed by atoms with Crippen molar-refractivity contribution in [3.63, 3.8) is 0 Å². The monoisotopic (exact) mass is 650 g/mol. The summed E-state index contributed by atoms with van der Waals surface area (Å²) < 4.78 is 2.18. The Bertz CT molecular complexity index is 2840. The Kier molecular flexibility index (Phi) is 6.78. The predicted octanol–water partition coefficient (Wildman–Crippen LogP) is 11.9. The number of rotatable bonds is 5. The molecule has 8 aromatic carbocycles. The molecule has 0 saturated carbocycles. The lowest BCUT2D eigenvalue weighted by molar-refractivity contribution is 0.954. The van der Waals surface area contributed by atoms with Crippen LogP contribution in [-0.2, 0) is 0 Å². The molecule has 0 unspecified atom stereocenters.